The molecule has 1 atom stereocenters. The van der Waals surface area contributed by atoms with Gasteiger partial charge in [0.05, 0.1) is 11.4 Å². The van der Waals surface area contributed by atoms with E-state index in [1.54, 1.807) is 6.07 Å². The molecule has 2 heterocycles. The minimum atomic E-state index is -0.108. The molecule has 0 radical (unpaired) electrons. The average molecular weight is 220 g/mol. The summed E-state index contributed by atoms with van der Waals surface area (Å²) in [5, 5.41) is 3.34. The Morgan fingerprint density at radius 3 is 3.12 bits per heavy atom. The molecule has 1 saturated heterocycles. The highest BCUT2D eigenvalue weighted by molar-refractivity contribution is 5.72. The summed E-state index contributed by atoms with van der Waals surface area (Å²) in [6.07, 6.45) is 3.70. The molecular weight excluding hydrogens is 203 g/mol. The van der Waals surface area contributed by atoms with E-state index in [-0.39, 0.29) is 5.82 Å². The Labute approximate surface area is 95.4 Å². The summed E-state index contributed by atoms with van der Waals surface area (Å²) in [6.45, 7) is 3.91. The van der Waals surface area contributed by atoms with Crippen molar-refractivity contribution in [3.05, 3.63) is 23.5 Å². The molecule has 86 valence electrons. The van der Waals surface area contributed by atoms with E-state index in [1.165, 1.54) is 18.5 Å². The van der Waals surface area contributed by atoms with Crippen LogP contribution < -0.4 is 10.2 Å². The fraction of sp³-hybridized carbons (Fsp3) is 0.538. The van der Waals surface area contributed by atoms with E-state index in [0.29, 0.717) is 6.04 Å². The zero-order valence-corrected chi connectivity index (χ0v) is 9.59. The van der Waals surface area contributed by atoms with Gasteiger partial charge in [-0.25, -0.2) is 4.39 Å². The lowest BCUT2D eigenvalue weighted by Crippen LogP contribution is -2.28. The molecule has 0 amide bonds. The number of nitrogens with zero attached hydrogens (tertiary/aromatic N) is 1. The third-order valence-electron chi connectivity index (χ3n) is 3.76. The lowest BCUT2D eigenvalue weighted by Gasteiger charge is -2.25. The number of fused-ring (bicyclic) bond motifs is 3. The van der Waals surface area contributed by atoms with Crippen molar-refractivity contribution in [1.82, 2.24) is 0 Å². The fourth-order valence-electron chi connectivity index (χ4n) is 2.87. The first-order valence-electron chi connectivity index (χ1n) is 6.06. The van der Waals surface area contributed by atoms with E-state index in [4.69, 9.17) is 0 Å². The Morgan fingerprint density at radius 1 is 1.38 bits per heavy atom. The van der Waals surface area contributed by atoms with Crippen LogP contribution in [0.2, 0.25) is 0 Å². The molecule has 2 nitrogen and oxygen atoms in total. The Balaban J connectivity index is 2.09. The number of hydrogen-bond donors (Lipinski definition) is 1. The van der Waals surface area contributed by atoms with Gasteiger partial charge in [0.15, 0.2) is 0 Å². The maximum Gasteiger partial charge on any atom is 0.128 e. The Bertz CT molecular complexity index is 417. The third-order valence-corrected chi connectivity index (χ3v) is 3.76. The summed E-state index contributed by atoms with van der Waals surface area (Å²) in [7, 11) is 0. The van der Waals surface area contributed by atoms with Crippen LogP contribution in [0, 0.1) is 12.7 Å². The van der Waals surface area contributed by atoms with Gasteiger partial charge in [-0.15, -0.1) is 0 Å². The lowest BCUT2D eigenvalue weighted by molar-refractivity contribution is 0.618. The predicted octanol–water partition coefficient (Wildman–Crippen LogP) is 2.92. The molecule has 0 aliphatic carbocycles. The number of rotatable bonds is 0. The maximum absolute atomic E-state index is 13.5. The van der Waals surface area contributed by atoms with Crippen LogP contribution in [0.3, 0.4) is 0 Å². The van der Waals surface area contributed by atoms with E-state index in [0.717, 1.165) is 30.8 Å². The standard InChI is InChI=1S/C13H17FN2/c1-9-7-13-12(8-11(9)14)15-5-4-10-3-2-6-16(10)13/h7-8,10,15H,2-6H2,1H3. The predicted molar refractivity (Wildman–Crippen MR) is 64.6 cm³/mol. The summed E-state index contributed by atoms with van der Waals surface area (Å²) in [6, 6.07) is 4.28. The van der Waals surface area contributed by atoms with E-state index in [1.807, 2.05) is 13.0 Å². The van der Waals surface area contributed by atoms with Crippen LogP contribution in [0.15, 0.2) is 12.1 Å². The molecule has 0 bridgehead atoms. The van der Waals surface area contributed by atoms with Gasteiger partial charge in [-0.1, -0.05) is 0 Å². The van der Waals surface area contributed by atoms with Gasteiger partial charge in [0.2, 0.25) is 0 Å². The molecule has 3 rings (SSSR count). The largest absolute Gasteiger partial charge is 0.383 e. The molecule has 1 aromatic rings. The molecule has 1 unspecified atom stereocenters. The molecule has 0 spiro atoms. The molecule has 0 saturated carbocycles. The highest BCUT2D eigenvalue weighted by Gasteiger charge is 2.28. The Morgan fingerprint density at radius 2 is 2.25 bits per heavy atom. The summed E-state index contributed by atoms with van der Waals surface area (Å²) in [5.41, 5.74) is 2.90. The van der Waals surface area contributed by atoms with E-state index < -0.39 is 0 Å². The quantitative estimate of drug-likeness (QED) is 0.723. The van der Waals surface area contributed by atoms with Crippen molar-refractivity contribution in [3.8, 4) is 0 Å². The molecule has 0 aromatic heterocycles. The topological polar surface area (TPSA) is 15.3 Å². The van der Waals surface area contributed by atoms with Crippen LogP contribution in [0.25, 0.3) is 0 Å². The van der Waals surface area contributed by atoms with Gasteiger partial charge in [-0.3, -0.25) is 0 Å². The average Bonchev–Trinajstić information content (AvgIpc) is 2.65. The lowest BCUT2D eigenvalue weighted by atomic mass is 10.1. The first-order valence-corrected chi connectivity index (χ1v) is 6.06. The number of anilines is 2. The van der Waals surface area contributed by atoms with Crippen molar-refractivity contribution in [2.75, 3.05) is 23.3 Å². The summed E-state index contributed by atoms with van der Waals surface area (Å²) in [5.74, 6) is -0.108. The molecule has 1 fully saturated rings. The van der Waals surface area contributed by atoms with Crippen molar-refractivity contribution in [3.63, 3.8) is 0 Å². The van der Waals surface area contributed by atoms with Crippen molar-refractivity contribution in [2.45, 2.75) is 32.2 Å². The van der Waals surface area contributed by atoms with Gasteiger partial charge in [0, 0.05) is 19.1 Å². The SMILES string of the molecule is Cc1cc2c(cc1F)NCCC1CCCN21. The van der Waals surface area contributed by atoms with Crippen LogP contribution >= 0.6 is 0 Å². The van der Waals surface area contributed by atoms with Gasteiger partial charge >= 0.3 is 0 Å². The van der Waals surface area contributed by atoms with Gasteiger partial charge in [0.25, 0.3) is 0 Å². The zero-order chi connectivity index (χ0) is 11.1. The molecular formula is C13H17FN2. The molecule has 16 heavy (non-hydrogen) atoms. The smallest absolute Gasteiger partial charge is 0.128 e. The molecule has 1 aromatic carbocycles. The summed E-state index contributed by atoms with van der Waals surface area (Å²) >= 11 is 0. The van der Waals surface area contributed by atoms with E-state index in [9.17, 15) is 4.39 Å². The number of aryl methyl sites for hydroxylation is 1. The second-order valence-electron chi connectivity index (χ2n) is 4.82. The van der Waals surface area contributed by atoms with Crippen LogP contribution in [0.1, 0.15) is 24.8 Å². The summed E-state index contributed by atoms with van der Waals surface area (Å²) in [4.78, 5) is 2.45. The van der Waals surface area contributed by atoms with Crippen molar-refractivity contribution < 1.29 is 4.39 Å². The first kappa shape index (κ1) is 9.94. The van der Waals surface area contributed by atoms with Gasteiger partial charge < -0.3 is 10.2 Å². The molecule has 2 aliphatic rings. The third kappa shape index (κ3) is 1.46. The molecule has 2 aliphatic heterocycles. The number of nitrogens with one attached hydrogen (secondary N) is 1. The second-order valence-corrected chi connectivity index (χ2v) is 4.82. The molecule has 1 N–H and O–H groups in total. The zero-order valence-electron chi connectivity index (χ0n) is 9.59. The minimum Gasteiger partial charge on any atom is -0.383 e. The number of benzene rings is 1. The minimum absolute atomic E-state index is 0.108. The van der Waals surface area contributed by atoms with Crippen LogP contribution in [-0.2, 0) is 0 Å². The highest BCUT2D eigenvalue weighted by Crippen LogP contribution is 2.37. The van der Waals surface area contributed by atoms with E-state index >= 15 is 0 Å². The first-order chi connectivity index (χ1) is 7.75. The normalized spacial score (nSPS) is 23.4. The van der Waals surface area contributed by atoms with Gasteiger partial charge in [-0.2, -0.15) is 0 Å². The monoisotopic (exact) mass is 220 g/mol. The van der Waals surface area contributed by atoms with Gasteiger partial charge in [-0.05, 0) is 43.9 Å². The second kappa shape index (κ2) is 3.65. The van der Waals surface area contributed by atoms with E-state index in [2.05, 4.69) is 10.2 Å². The number of hydrogen-bond acceptors (Lipinski definition) is 2. The van der Waals surface area contributed by atoms with Crippen LogP contribution in [0.4, 0.5) is 15.8 Å². The highest BCUT2D eigenvalue weighted by atomic mass is 19.1. The Kier molecular flexibility index (Phi) is 2.27. The fourth-order valence-corrected chi connectivity index (χ4v) is 2.87. The molecule has 3 heteroatoms. The number of halogens is 1. The van der Waals surface area contributed by atoms with Crippen molar-refractivity contribution >= 4 is 11.4 Å². The van der Waals surface area contributed by atoms with Crippen molar-refractivity contribution in [2.24, 2.45) is 0 Å². The Hall–Kier alpha value is -1.25. The van der Waals surface area contributed by atoms with Gasteiger partial charge in [0.1, 0.15) is 5.82 Å². The maximum atomic E-state index is 13.5. The van der Waals surface area contributed by atoms with Crippen LogP contribution in [-0.4, -0.2) is 19.1 Å². The summed E-state index contributed by atoms with van der Waals surface area (Å²) < 4.78 is 13.5. The van der Waals surface area contributed by atoms with Crippen LogP contribution in [0.5, 0.6) is 0 Å². The van der Waals surface area contributed by atoms with Crippen molar-refractivity contribution in [1.29, 1.82) is 0 Å².